The number of aliphatic hydroxyl groups excluding tert-OH is 2. The van der Waals surface area contributed by atoms with E-state index in [1.165, 1.54) is 0 Å². The van der Waals surface area contributed by atoms with Crippen LogP contribution in [0.5, 0.6) is 0 Å². The minimum Gasteiger partial charge on any atom is -0.394 e. The van der Waals surface area contributed by atoms with Crippen LogP contribution in [0.1, 0.15) is 20.8 Å². The summed E-state index contributed by atoms with van der Waals surface area (Å²) in [7, 11) is 0. The van der Waals surface area contributed by atoms with Crippen molar-refractivity contribution in [3.8, 4) is 0 Å². The highest BCUT2D eigenvalue weighted by atomic mass is 16.3. The predicted molar refractivity (Wildman–Crippen MR) is 53.7 cm³/mol. The molecule has 0 rings (SSSR count). The highest BCUT2D eigenvalue weighted by Crippen LogP contribution is 1.96. The predicted octanol–water partition coefficient (Wildman–Crippen LogP) is -0.683. The summed E-state index contributed by atoms with van der Waals surface area (Å²) in [6.45, 7) is 8.25. The van der Waals surface area contributed by atoms with E-state index in [0.717, 1.165) is 13.1 Å². The third kappa shape index (κ3) is 9.76. The van der Waals surface area contributed by atoms with Crippen molar-refractivity contribution in [2.45, 2.75) is 32.4 Å². The van der Waals surface area contributed by atoms with Gasteiger partial charge in [0.2, 0.25) is 0 Å². The molecule has 4 N–H and O–H groups in total. The Morgan fingerprint density at radius 3 is 2.31 bits per heavy atom. The molecule has 0 spiro atoms. The highest BCUT2D eigenvalue weighted by Gasteiger charge is 2.07. The average Bonchev–Trinajstić information content (AvgIpc) is 2.01. The first-order valence-corrected chi connectivity index (χ1v) is 4.70. The zero-order valence-electron chi connectivity index (χ0n) is 8.80. The summed E-state index contributed by atoms with van der Waals surface area (Å²) in [5, 5.41) is 23.8. The number of rotatable bonds is 6. The van der Waals surface area contributed by atoms with Gasteiger partial charge in [-0.15, -0.1) is 0 Å². The summed E-state index contributed by atoms with van der Waals surface area (Å²) < 4.78 is 0. The Morgan fingerprint density at radius 1 is 1.23 bits per heavy atom. The third-order valence-corrected chi connectivity index (χ3v) is 1.55. The van der Waals surface area contributed by atoms with E-state index in [1.807, 2.05) is 0 Å². The average molecular weight is 190 g/mol. The molecule has 0 aromatic carbocycles. The molecule has 1 unspecified atom stereocenters. The van der Waals surface area contributed by atoms with Crippen LogP contribution in [0.25, 0.3) is 0 Å². The Hall–Kier alpha value is -0.160. The van der Waals surface area contributed by atoms with E-state index in [-0.39, 0.29) is 12.1 Å². The minimum atomic E-state index is -0.644. The van der Waals surface area contributed by atoms with Crippen molar-refractivity contribution in [3.05, 3.63) is 0 Å². The van der Waals surface area contributed by atoms with Crippen LogP contribution in [0.2, 0.25) is 0 Å². The molecule has 0 aromatic heterocycles. The summed E-state index contributed by atoms with van der Waals surface area (Å²) in [6.07, 6.45) is -0.644. The van der Waals surface area contributed by atoms with Crippen molar-refractivity contribution in [2.75, 3.05) is 26.2 Å². The lowest BCUT2D eigenvalue weighted by Gasteiger charge is -2.20. The van der Waals surface area contributed by atoms with Gasteiger partial charge in [0.1, 0.15) is 0 Å². The molecule has 0 saturated heterocycles. The van der Waals surface area contributed by atoms with E-state index < -0.39 is 6.10 Å². The van der Waals surface area contributed by atoms with Gasteiger partial charge >= 0.3 is 0 Å². The van der Waals surface area contributed by atoms with Crippen molar-refractivity contribution in [3.63, 3.8) is 0 Å². The largest absolute Gasteiger partial charge is 0.394 e. The summed E-state index contributed by atoms with van der Waals surface area (Å²) in [6, 6.07) is 0. The Kier molecular flexibility index (Phi) is 6.24. The summed E-state index contributed by atoms with van der Waals surface area (Å²) in [5.74, 6) is 0. The topological polar surface area (TPSA) is 64.5 Å². The molecule has 4 heteroatoms. The van der Waals surface area contributed by atoms with Gasteiger partial charge in [-0.1, -0.05) is 0 Å². The molecule has 0 fully saturated rings. The van der Waals surface area contributed by atoms with E-state index in [9.17, 15) is 0 Å². The summed E-state index contributed by atoms with van der Waals surface area (Å²) >= 11 is 0. The van der Waals surface area contributed by atoms with Crippen LogP contribution in [-0.2, 0) is 0 Å². The van der Waals surface area contributed by atoms with Gasteiger partial charge in [0, 0.05) is 25.2 Å². The monoisotopic (exact) mass is 190 g/mol. The molecule has 1 atom stereocenters. The lowest BCUT2D eigenvalue weighted by molar-refractivity contribution is 0.0946. The van der Waals surface area contributed by atoms with Gasteiger partial charge in [-0.05, 0) is 20.8 Å². The molecular weight excluding hydrogens is 168 g/mol. The maximum atomic E-state index is 8.98. The van der Waals surface area contributed by atoms with Crippen LogP contribution in [-0.4, -0.2) is 48.1 Å². The second-order valence-electron chi connectivity index (χ2n) is 4.22. The van der Waals surface area contributed by atoms with Gasteiger partial charge in [-0.2, -0.15) is 0 Å². The van der Waals surface area contributed by atoms with Gasteiger partial charge in [0.15, 0.2) is 0 Å². The standard InChI is InChI=1S/C9H22N2O2/c1-9(2,3)11-5-4-10-6-8(13)7-12/h8,10-13H,4-7H2,1-3H3. The summed E-state index contributed by atoms with van der Waals surface area (Å²) in [5.41, 5.74) is 0.136. The second kappa shape index (κ2) is 6.32. The van der Waals surface area contributed by atoms with Gasteiger partial charge in [-0.25, -0.2) is 0 Å². The molecule has 0 aliphatic rings. The Balaban J connectivity index is 3.18. The SMILES string of the molecule is CC(C)(C)NCCNCC(O)CO. The van der Waals surface area contributed by atoms with E-state index in [4.69, 9.17) is 10.2 Å². The molecular formula is C9H22N2O2. The lowest BCUT2D eigenvalue weighted by atomic mass is 10.1. The lowest BCUT2D eigenvalue weighted by Crippen LogP contribution is -2.41. The first kappa shape index (κ1) is 12.8. The molecule has 0 heterocycles. The van der Waals surface area contributed by atoms with Crippen LogP contribution in [0.3, 0.4) is 0 Å². The number of hydrogen-bond acceptors (Lipinski definition) is 4. The van der Waals surface area contributed by atoms with Crippen molar-refractivity contribution in [1.29, 1.82) is 0 Å². The fourth-order valence-corrected chi connectivity index (χ4v) is 0.859. The van der Waals surface area contributed by atoms with Crippen LogP contribution in [0, 0.1) is 0 Å². The number of hydrogen-bond donors (Lipinski definition) is 4. The van der Waals surface area contributed by atoms with Gasteiger partial charge in [0.05, 0.1) is 12.7 Å². The molecule has 0 radical (unpaired) electrons. The Bertz CT molecular complexity index is 123. The number of nitrogens with one attached hydrogen (secondary N) is 2. The van der Waals surface area contributed by atoms with E-state index >= 15 is 0 Å². The van der Waals surface area contributed by atoms with Gasteiger partial charge in [0.25, 0.3) is 0 Å². The fourth-order valence-electron chi connectivity index (χ4n) is 0.859. The molecule has 0 bridgehead atoms. The first-order valence-electron chi connectivity index (χ1n) is 4.70. The molecule has 4 nitrogen and oxygen atoms in total. The van der Waals surface area contributed by atoms with E-state index in [1.54, 1.807) is 0 Å². The Labute approximate surface area is 80.3 Å². The fraction of sp³-hybridized carbons (Fsp3) is 1.00. The van der Waals surface area contributed by atoms with Gasteiger partial charge in [-0.3, -0.25) is 0 Å². The van der Waals surface area contributed by atoms with Crippen LogP contribution in [0.15, 0.2) is 0 Å². The zero-order chi connectivity index (χ0) is 10.3. The van der Waals surface area contributed by atoms with Crippen LogP contribution >= 0.6 is 0 Å². The zero-order valence-corrected chi connectivity index (χ0v) is 8.80. The molecule has 0 aliphatic heterocycles. The molecule has 80 valence electrons. The van der Waals surface area contributed by atoms with Crippen molar-refractivity contribution < 1.29 is 10.2 Å². The van der Waals surface area contributed by atoms with Crippen molar-refractivity contribution >= 4 is 0 Å². The minimum absolute atomic E-state index is 0.136. The van der Waals surface area contributed by atoms with Crippen molar-refractivity contribution in [2.24, 2.45) is 0 Å². The summed E-state index contributed by atoms with van der Waals surface area (Å²) in [4.78, 5) is 0. The van der Waals surface area contributed by atoms with Crippen LogP contribution < -0.4 is 10.6 Å². The first-order chi connectivity index (χ1) is 5.95. The quantitative estimate of drug-likeness (QED) is 0.419. The van der Waals surface area contributed by atoms with Crippen LogP contribution in [0.4, 0.5) is 0 Å². The molecule has 0 amide bonds. The third-order valence-electron chi connectivity index (χ3n) is 1.55. The maximum Gasteiger partial charge on any atom is 0.0894 e. The highest BCUT2D eigenvalue weighted by molar-refractivity contribution is 4.70. The molecule has 0 saturated carbocycles. The van der Waals surface area contributed by atoms with Gasteiger partial charge < -0.3 is 20.8 Å². The van der Waals surface area contributed by atoms with E-state index in [2.05, 4.69) is 31.4 Å². The molecule has 13 heavy (non-hydrogen) atoms. The number of aliphatic hydroxyl groups is 2. The van der Waals surface area contributed by atoms with E-state index in [0.29, 0.717) is 6.54 Å². The Morgan fingerprint density at radius 2 is 1.85 bits per heavy atom. The maximum absolute atomic E-state index is 8.98. The second-order valence-corrected chi connectivity index (χ2v) is 4.22. The molecule has 0 aliphatic carbocycles. The smallest absolute Gasteiger partial charge is 0.0894 e. The molecule has 0 aromatic rings. The normalized spacial score (nSPS) is 14.5. The van der Waals surface area contributed by atoms with Crippen molar-refractivity contribution in [1.82, 2.24) is 10.6 Å².